The number of para-hydroxylation sites is 1. The molecule has 5 nitrogen and oxygen atoms in total. The molecule has 0 fully saturated rings. The Morgan fingerprint density at radius 2 is 1.94 bits per heavy atom. The van der Waals surface area contributed by atoms with Gasteiger partial charge in [-0.15, -0.1) is 11.8 Å². The maximum atomic E-state index is 12.9. The van der Waals surface area contributed by atoms with E-state index in [1.54, 1.807) is 11.8 Å². The van der Waals surface area contributed by atoms with Crippen LogP contribution in [-0.4, -0.2) is 28.4 Å². The Balaban J connectivity index is 1.22. The molecule has 0 spiro atoms. The average molecular weight is 430 g/mol. The Morgan fingerprint density at radius 1 is 1.10 bits per heavy atom. The van der Waals surface area contributed by atoms with Gasteiger partial charge in [0.1, 0.15) is 11.4 Å². The normalized spacial score (nSPS) is 15.3. The number of fused-ring (bicyclic) bond motifs is 2. The minimum Gasteiger partial charge on any atom is -0.493 e. The summed E-state index contributed by atoms with van der Waals surface area (Å²) in [7, 11) is 0. The summed E-state index contributed by atoms with van der Waals surface area (Å²) in [6.45, 7) is 1.22. The van der Waals surface area contributed by atoms with E-state index < -0.39 is 0 Å². The molecule has 0 saturated carbocycles. The third kappa shape index (κ3) is 4.44. The SMILES string of the molecule is O=C(NCC1COc2ccccc2C1)c1ccccc1SCc1cn2ccccc2n1. The fraction of sp³-hybridized carbons (Fsp3) is 0.200. The Bertz CT molecular complexity index is 1190. The van der Waals surface area contributed by atoms with Crippen molar-refractivity contribution in [1.82, 2.24) is 14.7 Å². The largest absolute Gasteiger partial charge is 0.493 e. The summed E-state index contributed by atoms with van der Waals surface area (Å²) in [4.78, 5) is 18.5. The first-order valence-electron chi connectivity index (χ1n) is 10.4. The molecule has 2 aromatic carbocycles. The molecule has 1 aliphatic rings. The highest BCUT2D eigenvalue weighted by Crippen LogP contribution is 2.28. The van der Waals surface area contributed by atoms with Gasteiger partial charge in [0.2, 0.25) is 0 Å². The number of hydrogen-bond acceptors (Lipinski definition) is 4. The van der Waals surface area contributed by atoms with Crippen LogP contribution < -0.4 is 10.1 Å². The third-order valence-corrected chi connectivity index (χ3v) is 6.54. The lowest BCUT2D eigenvalue weighted by Gasteiger charge is -2.25. The summed E-state index contributed by atoms with van der Waals surface area (Å²) < 4.78 is 7.86. The lowest BCUT2D eigenvalue weighted by molar-refractivity contribution is 0.0936. The van der Waals surface area contributed by atoms with Gasteiger partial charge < -0.3 is 14.5 Å². The predicted octanol–water partition coefficient (Wildman–Crippen LogP) is 4.61. The molecule has 3 heterocycles. The van der Waals surface area contributed by atoms with Crippen molar-refractivity contribution in [3.8, 4) is 5.75 Å². The molecule has 0 radical (unpaired) electrons. The van der Waals surface area contributed by atoms with Crippen molar-refractivity contribution >= 4 is 23.3 Å². The van der Waals surface area contributed by atoms with Gasteiger partial charge in [-0.2, -0.15) is 0 Å². The van der Waals surface area contributed by atoms with E-state index in [0.29, 0.717) is 24.5 Å². The molecule has 1 amide bonds. The van der Waals surface area contributed by atoms with Crippen molar-refractivity contribution in [3.63, 3.8) is 0 Å². The smallest absolute Gasteiger partial charge is 0.252 e. The van der Waals surface area contributed by atoms with E-state index in [4.69, 9.17) is 4.74 Å². The minimum atomic E-state index is -0.0445. The third-order valence-electron chi connectivity index (χ3n) is 5.43. The Labute approximate surface area is 185 Å². The van der Waals surface area contributed by atoms with E-state index >= 15 is 0 Å². The summed E-state index contributed by atoms with van der Waals surface area (Å²) in [6.07, 6.45) is 4.94. The van der Waals surface area contributed by atoms with Crippen LogP contribution in [0.5, 0.6) is 5.75 Å². The zero-order valence-electron chi connectivity index (χ0n) is 17.0. The number of ether oxygens (including phenoxy) is 1. The molecule has 6 heteroatoms. The number of imidazole rings is 1. The van der Waals surface area contributed by atoms with Gasteiger partial charge in [-0.05, 0) is 42.3 Å². The predicted molar refractivity (Wildman–Crippen MR) is 123 cm³/mol. The summed E-state index contributed by atoms with van der Waals surface area (Å²) >= 11 is 1.63. The molecule has 1 atom stereocenters. The number of rotatable bonds is 6. The standard InChI is InChI=1S/C25H23N3O2S/c29-25(26-14-18-13-19-7-1-3-9-22(19)30-16-18)21-8-2-4-10-23(21)31-17-20-15-28-12-6-5-11-24(28)27-20/h1-12,15,18H,13-14,16-17H2,(H,26,29). The number of carbonyl (C=O) groups is 1. The second-order valence-corrected chi connectivity index (χ2v) is 8.70. The summed E-state index contributed by atoms with van der Waals surface area (Å²) in [5, 5.41) is 3.11. The molecule has 31 heavy (non-hydrogen) atoms. The van der Waals surface area contributed by atoms with Crippen LogP contribution in [0, 0.1) is 5.92 Å². The van der Waals surface area contributed by atoms with Crippen molar-refractivity contribution in [2.45, 2.75) is 17.1 Å². The van der Waals surface area contributed by atoms with Crippen LogP contribution in [0.25, 0.3) is 5.65 Å². The van der Waals surface area contributed by atoms with Crippen molar-refractivity contribution in [1.29, 1.82) is 0 Å². The molecule has 1 unspecified atom stereocenters. The first-order valence-corrected chi connectivity index (χ1v) is 11.4. The second kappa shape index (κ2) is 8.86. The summed E-state index contributed by atoms with van der Waals surface area (Å²) in [5.41, 5.74) is 3.83. The van der Waals surface area contributed by atoms with E-state index in [1.165, 1.54) is 5.56 Å². The van der Waals surface area contributed by atoms with E-state index in [2.05, 4.69) is 16.4 Å². The maximum absolute atomic E-state index is 12.9. The molecule has 0 aliphatic carbocycles. The Kier molecular flexibility index (Phi) is 5.63. The molecule has 4 aromatic rings. The Morgan fingerprint density at radius 3 is 2.87 bits per heavy atom. The highest BCUT2D eigenvalue weighted by molar-refractivity contribution is 7.98. The molecule has 1 N–H and O–H groups in total. The fourth-order valence-electron chi connectivity index (χ4n) is 3.84. The molecule has 5 rings (SSSR count). The van der Waals surface area contributed by atoms with Gasteiger partial charge in [-0.3, -0.25) is 4.79 Å². The van der Waals surface area contributed by atoms with Crippen molar-refractivity contribution in [2.24, 2.45) is 5.92 Å². The van der Waals surface area contributed by atoms with Gasteiger partial charge in [0, 0.05) is 35.5 Å². The number of nitrogens with one attached hydrogen (secondary N) is 1. The van der Waals surface area contributed by atoms with Gasteiger partial charge in [-0.1, -0.05) is 36.4 Å². The van der Waals surface area contributed by atoms with Gasteiger partial charge in [0.15, 0.2) is 0 Å². The van der Waals surface area contributed by atoms with Crippen LogP contribution in [0.2, 0.25) is 0 Å². The molecule has 156 valence electrons. The first kappa shape index (κ1) is 19.7. The number of aromatic nitrogens is 2. The number of amides is 1. The molecule has 2 aromatic heterocycles. The highest BCUT2D eigenvalue weighted by Gasteiger charge is 2.21. The molecule has 0 bridgehead atoms. The maximum Gasteiger partial charge on any atom is 0.252 e. The molecular formula is C25H23N3O2S. The number of benzene rings is 2. The van der Waals surface area contributed by atoms with E-state index in [-0.39, 0.29) is 11.8 Å². The summed E-state index contributed by atoms with van der Waals surface area (Å²) in [5.74, 6) is 1.89. The number of pyridine rings is 1. The van der Waals surface area contributed by atoms with Gasteiger partial charge in [0.05, 0.1) is 17.9 Å². The highest BCUT2D eigenvalue weighted by atomic mass is 32.2. The number of thioether (sulfide) groups is 1. The van der Waals surface area contributed by atoms with Gasteiger partial charge in [-0.25, -0.2) is 4.98 Å². The van der Waals surface area contributed by atoms with Gasteiger partial charge >= 0.3 is 0 Å². The van der Waals surface area contributed by atoms with E-state index in [0.717, 1.165) is 28.4 Å². The number of carbonyl (C=O) groups excluding carboxylic acids is 1. The topological polar surface area (TPSA) is 55.6 Å². The minimum absolute atomic E-state index is 0.0445. The van der Waals surface area contributed by atoms with Crippen molar-refractivity contribution in [3.05, 3.63) is 95.9 Å². The second-order valence-electron chi connectivity index (χ2n) is 7.68. The quantitative estimate of drug-likeness (QED) is 0.455. The molecule has 0 saturated heterocycles. The molecular weight excluding hydrogens is 406 g/mol. The zero-order valence-corrected chi connectivity index (χ0v) is 17.8. The first-order chi connectivity index (χ1) is 15.3. The number of hydrogen-bond donors (Lipinski definition) is 1. The average Bonchev–Trinajstić information content (AvgIpc) is 3.24. The monoisotopic (exact) mass is 429 g/mol. The van der Waals surface area contributed by atoms with Crippen LogP contribution in [0.15, 0.2) is 84.0 Å². The summed E-state index contributed by atoms with van der Waals surface area (Å²) in [6, 6.07) is 21.8. The fourth-order valence-corrected chi connectivity index (χ4v) is 4.78. The van der Waals surface area contributed by atoms with Gasteiger partial charge in [0.25, 0.3) is 5.91 Å². The van der Waals surface area contributed by atoms with E-state index in [9.17, 15) is 4.79 Å². The van der Waals surface area contributed by atoms with Crippen LogP contribution in [-0.2, 0) is 12.2 Å². The van der Waals surface area contributed by atoms with Crippen LogP contribution in [0.4, 0.5) is 0 Å². The van der Waals surface area contributed by atoms with Crippen molar-refractivity contribution in [2.75, 3.05) is 13.2 Å². The van der Waals surface area contributed by atoms with Crippen LogP contribution >= 0.6 is 11.8 Å². The van der Waals surface area contributed by atoms with E-state index in [1.807, 2.05) is 77.5 Å². The zero-order chi connectivity index (χ0) is 21.0. The lowest BCUT2D eigenvalue weighted by Crippen LogP contribution is -2.35. The van der Waals surface area contributed by atoms with Crippen molar-refractivity contribution < 1.29 is 9.53 Å². The Hall–Kier alpha value is -3.25. The van der Waals surface area contributed by atoms with Crippen LogP contribution in [0.3, 0.4) is 0 Å². The number of nitrogens with zero attached hydrogens (tertiary/aromatic N) is 2. The molecule has 1 aliphatic heterocycles. The van der Waals surface area contributed by atoms with Crippen LogP contribution in [0.1, 0.15) is 21.6 Å². The lowest BCUT2D eigenvalue weighted by atomic mass is 9.96.